The minimum Gasteiger partial charge on any atom is -0.294 e. The quantitative estimate of drug-likeness (QED) is 0.554. The molecule has 1 heteroatoms. The Labute approximate surface area is 79.5 Å². The maximum absolute atomic E-state index is 11.8. The third-order valence-corrected chi connectivity index (χ3v) is 3.01. The van der Waals surface area contributed by atoms with Crippen molar-refractivity contribution in [1.82, 2.24) is 0 Å². The molecule has 0 heterocycles. The standard InChI is InChI=1S/C12H16O/c1-8-4-5-9-6-12(2,3)7-10(13)11(8)9/h4H,5-7H2,1-3H3. The van der Waals surface area contributed by atoms with Crippen LogP contribution in [0, 0.1) is 5.41 Å². The lowest BCUT2D eigenvalue weighted by molar-refractivity contribution is -0.117. The highest BCUT2D eigenvalue weighted by Gasteiger charge is 2.34. The van der Waals surface area contributed by atoms with Crippen LogP contribution in [0.4, 0.5) is 0 Å². The van der Waals surface area contributed by atoms with Crippen molar-refractivity contribution in [3.05, 3.63) is 22.8 Å². The maximum atomic E-state index is 11.8. The van der Waals surface area contributed by atoms with Crippen molar-refractivity contribution in [2.24, 2.45) is 5.41 Å². The van der Waals surface area contributed by atoms with E-state index in [-0.39, 0.29) is 5.41 Å². The van der Waals surface area contributed by atoms with Crippen molar-refractivity contribution >= 4 is 5.78 Å². The molecule has 2 aliphatic carbocycles. The van der Waals surface area contributed by atoms with E-state index in [1.807, 2.05) is 0 Å². The van der Waals surface area contributed by atoms with Crippen molar-refractivity contribution in [3.63, 3.8) is 0 Å². The van der Waals surface area contributed by atoms with Crippen LogP contribution >= 0.6 is 0 Å². The minimum atomic E-state index is 0.189. The van der Waals surface area contributed by atoms with E-state index in [0.717, 1.165) is 24.8 Å². The molecule has 2 rings (SSSR count). The summed E-state index contributed by atoms with van der Waals surface area (Å²) in [5.74, 6) is 0.359. The fraction of sp³-hybridized carbons (Fsp3) is 0.583. The smallest absolute Gasteiger partial charge is 0.163 e. The lowest BCUT2D eigenvalue weighted by Gasteiger charge is -2.30. The average molecular weight is 176 g/mol. The summed E-state index contributed by atoms with van der Waals surface area (Å²) in [7, 11) is 0. The van der Waals surface area contributed by atoms with Gasteiger partial charge in [-0.15, -0.1) is 0 Å². The molecule has 0 N–H and O–H groups in total. The molecule has 0 aliphatic heterocycles. The van der Waals surface area contributed by atoms with Crippen LogP contribution < -0.4 is 0 Å². The molecule has 0 radical (unpaired) electrons. The Kier molecular flexibility index (Phi) is 1.73. The molecule has 0 aromatic rings. The lowest BCUT2D eigenvalue weighted by Crippen LogP contribution is -2.24. The Morgan fingerprint density at radius 3 is 2.69 bits per heavy atom. The first-order valence-electron chi connectivity index (χ1n) is 4.92. The Morgan fingerprint density at radius 2 is 2.00 bits per heavy atom. The summed E-state index contributed by atoms with van der Waals surface area (Å²) in [5.41, 5.74) is 3.82. The SMILES string of the molecule is CC1=CCC2=C1C(=O)CC(C)(C)C2. The van der Waals surface area contributed by atoms with Gasteiger partial charge in [0.05, 0.1) is 0 Å². The summed E-state index contributed by atoms with van der Waals surface area (Å²) >= 11 is 0. The van der Waals surface area contributed by atoms with Gasteiger partial charge >= 0.3 is 0 Å². The zero-order valence-corrected chi connectivity index (χ0v) is 8.61. The highest BCUT2D eigenvalue weighted by molar-refractivity contribution is 6.02. The van der Waals surface area contributed by atoms with Gasteiger partial charge in [0.15, 0.2) is 5.78 Å². The second-order valence-electron chi connectivity index (χ2n) is 5.01. The van der Waals surface area contributed by atoms with Gasteiger partial charge in [0, 0.05) is 12.0 Å². The number of hydrogen-bond acceptors (Lipinski definition) is 1. The molecule has 0 spiro atoms. The van der Waals surface area contributed by atoms with Crippen LogP contribution in [0.1, 0.15) is 40.0 Å². The number of hydrogen-bond donors (Lipinski definition) is 0. The van der Waals surface area contributed by atoms with Crippen LogP contribution in [0.3, 0.4) is 0 Å². The third kappa shape index (κ3) is 1.37. The van der Waals surface area contributed by atoms with E-state index in [1.54, 1.807) is 0 Å². The van der Waals surface area contributed by atoms with Gasteiger partial charge in [-0.2, -0.15) is 0 Å². The van der Waals surface area contributed by atoms with Crippen molar-refractivity contribution < 1.29 is 4.79 Å². The number of rotatable bonds is 0. The van der Waals surface area contributed by atoms with Gasteiger partial charge in [0.25, 0.3) is 0 Å². The molecule has 0 aromatic heterocycles. The zero-order chi connectivity index (χ0) is 9.64. The molecule has 0 saturated heterocycles. The van der Waals surface area contributed by atoms with Crippen molar-refractivity contribution in [3.8, 4) is 0 Å². The van der Waals surface area contributed by atoms with Crippen molar-refractivity contribution in [2.45, 2.75) is 40.0 Å². The van der Waals surface area contributed by atoms with E-state index >= 15 is 0 Å². The molecule has 0 unspecified atom stereocenters. The predicted octanol–water partition coefficient (Wildman–Crippen LogP) is 3.02. The first kappa shape index (κ1) is 8.74. The first-order valence-corrected chi connectivity index (χ1v) is 4.92. The number of ketones is 1. The van der Waals surface area contributed by atoms with Crippen LogP contribution in [-0.4, -0.2) is 5.78 Å². The zero-order valence-electron chi connectivity index (χ0n) is 8.61. The highest BCUT2D eigenvalue weighted by Crippen LogP contribution is 2.43. The van der Waals surface area contributed by atoms with Crippen LogP contribution in [0.15, 0.2) is 22.8 Å². The molecule has 0 aromatic carbocycles. The average Bonchev–Trinajstić information content (AvgIpc) is 2.28. The summed E-state index contributed by atoms with van der Waals surface area (Å²) in [6, 6.07) is 0. The van der Waals surface area contributed by atoms with Gasteiger partial charge in [-0.25, -0.2) is 0 Å². The Morgan fingerprint density at radius 1 is 1.31 bits per heavy atom. The normalized spacial score (nSPS) is 26.1. The summed E-state index contributed by atoms with van der Waals surface area (Å²) < 4.78 is 0. The second-order valence-corrected chi connectivity index (χ2v) is 5.01. The fourth-order valence-corrected chi connectivity index (χ4v) is 2.50. The van der Waals surface area contributed by atoms with E-state index in [0.29, 0.717) is 5.78 Å². The Balaban J connectivity index is 2.39. The molecule has 70 valence electrons. The van der Waals surface area contributed by atoms with Gasteiger partial charge < -0.3 is 0 Å². The number of carbonyl (C=O) groups is 1. The molecular weight excluding hydrogens is 160 g/mol. The lowest BCUT2D eigenvalue weighted by atomic mass is 9.73. The predicted molar refractivity (Wildman–Crippen MR) is 53.4 cm³/mol. The third-order valence-electron chi connectivity index (χ3n) is 3.01. The molecule has 0 atom stereocenters. The van der Waals surface area contributed by atoms with Crippen molar-refractivity contribution in [2.75, 3.05) is 0 Å². The molecule has 13 heavy (non-hydrogen) atoms. The topological polar surface area (TPSA) is 17.1 Å². The molecule has 0 saturated carbocycles. The van der Waals surface area contributed by atoms with Crippen LogP contribution in [-0.2, 0) is 4.79 Å². The molecule has 0 bridgehead atoms. The van der Waals surface area contributed by atoms with E-state index in [2.05, 4.69) is 26.8 Å². The molecule has 1 nitrogen and oxygen atoms in total. The molecule has 0 fully saturated rings. The molecular formula is C12H16O. The summed E-state index contributed by atoms with van der Waals surface area (Å²) in [4.78, 5) is 11.8. The summed E-state index contributed by atoms with van der Waals surface area (Å²) in [6.07, 6.45) is 5.01. The monoisotopic (exact) mass is 176 g/mol. The second kappa shape index (κ2) is 2.57. The first-order chi connectivity index (χ1) is 5.99. The van der Waals surface area contributed by atoms with Gasteiger partial charge in [-0.1, -0.05) is 25.5 Å². The van der Waals surface area contributed by atoms with Crippen LogP contribution in [0.2, 0.25) is 0 Å². The number of Topliss-reactive ketones (excluding diaryl/α,β-unsaturated/α-hetero) is 1. The molecule has 0 amide bonds. The largest absolute Gasteiger partial charge is 0.294 e. The van der Waals surface area contributed by atoms with E-state index < -0.39 is 0 Å². The van der Waals surface area contributed by atoms with Gasteiger partial charge in [0.2, 0.25) is 0 Å². The van der Waals surface area contributed by atoms with Crippen LogP contribution in [0.25, 0.3) is 0 Å². The minimum absolute atomic E-state index is 0.189. The van der Waals surface area contributed by atoms with Gasteiger partial charge in [-0.05, 0) is 30.8 Å². The number of carbonyl (C=O) groups excluding carboxylic acids is 1. The Bertz CT molecular complexity index is 329. The summed E-state index contributed by atoms with van der Waals surface area (Å²) in [5, 5.41) is 0. The summed E-state index contributed by atoms with van der Waals surface area (Å²) in [6.45, 7) is 6.42. The maximum Gasteiger partial charge on any atom is 0.163 e. The van der Waals surface area contributed by atoms with Gasteiger partial charge in [0.1, 0.15) is 0 Å². The Hall–Kier alpha value is -0.850. The van der Waals surface area contributed by atoms with Gasteiger partial charge in [-0.3, -0.25) is 4.79 Å². The van der Waals surface area contributed by atoms with Crippen molar-refractivity contribution in [1.29, 1.82) is 0 Å². The number of allylic oxidation sites excluding steroid dienone is 4. The van der Waals surface area contributed by atoms with E-state index in [1.165, 1.54) is 11.1 Å². The fourth-order valence-electron chi connectivity index (χ4n) is 2.50. The molecule has 2 aliphatic rings. The van der Waals surface area contributed by atoms with E-state index in [9.17, 15) is 4.79 Å². The highest BCUT2D eigenvalue weighted by atomic mass is 16.1. The van der Waals surface area contributed by atoms with Crippen LogP contribution in [0.5, 0.6) is 0 Å². The van der Waals surface area contributed by atoms with E-state index in [4.69, 9.17) is 0 Å².